The predicted molar refractivity (Wildman–Crippen MR) is 63.7 cm³/mol. The Kier molecular flexibility index (Phi) is 4.33. The molecule has 0 saturated heterocycles. The summed E-state index contributed by atoms with van der Waals surface area (Å²) in [6.07, 6.45) is 4.64. The molecular formula is C11H20N4O2. The van der Waals surface area contributed by atoms with E-state index in [1.165, 1.54) is 0 Å². The third kappa shape index (κ3) is 3.98. The number of nitrogens with zero attached hydrogens (tertiary/aromatic N) is 2. The molecule has 96 valence electrons. The van der Waals surface area contributed by atoms with Crippen molar-refractivity contribution in [2.24, 2.45) is 5.73 Å². The summed E-state index contributed by atoms with van der Waals surface area (Å²) in [4.78, 5) is 4.04. The molecule has 0 radical (unpaired) electrons. The average molecular weight is 240 g/mol. The fourth-order valence-corrected chi connectivity index (χ4v) is 2.01. The van der Waals surface area contributed by atoms with E-state index in [0.29, 0.717) is 37.1 Å². The van der Waals surface area contributed by atoms with Crippen LogP contribution in [0.4, 0.5) is 6.01 Å². The summed E-state index contributed by atoms with van der Waals surface area (Å²) in [7, 11) is 0. The van der Waals surface area contributed by atoms with Gasteiger partial charge in [-0.2, -0.15) is 4.98 Å². The molecule has 0 aromatic carbocycles. The zero-order chi connectivity index (χ0) is 12.1. The van der Waals surface area contributed by atoms with Crippen molar-refractivity contribution in [3.05, 3.63) is 5.82 Å². The van der Waals surface area contributed by atoms with Gasteiger partial charge in [-0.1, -0.05) is 5.16 Å². The Morgan fingerprint density at radius 2 is 2.18 bits per heavy atom. The van der Waals surface area contributed by atoms with Gasteiger partial charge in [-0.05, 0) is 32.6 Å². The Bertz CT molecular complexity index is 334. The van der Waals surface area contributed by atoms with E-state index in [4.69, 9.17) is 15.0 Å². The molecule has 3 N–H and O–H groups in total. The van der Waals surface area contributed by atoms with Crippen molar-refractivity contribution < 1.29 is 9.26 Å². The molecule has 0 atom stereocenters. The number of ether oxygens (including phenoxy) is 1. The van der Waals surface area contributed by atoms with Crippen LogP contribution >= 0.6 is 0 Å². The van der Waals surface area contributed by atoms with Crippen LogP contribution in [0, 0.1) is 6.92 Å². The van der Waals surface area contributed by atoms with Crippen LogP contribution in [0.15, 0.2) is 4.52 Å². The van der Waals surface area contributed by atoms with Gasteiger partial charge in [0, 0.05) is 12.6 Å². The Morgan fingerprint density at radius 3 is 2.82 bits per heavy atom. The maximum Gasteiger partial charge on any atom is 0.321 e. The molecular weight excluding hydrogens is 220 g/mol. The highest BCUT2D eigenvalue weighted by molar-refractivity contribution is 5.17. The highest BCUT2D eigenvalue weighted by Crippen LogP contribution is 2.19. The van der Waals surface area contributed by atoms with Gasteiger partial charge in [0.1, 0.15) is 0 Å². The summed E-state index contributed by atoms with van der Waals surface area (Å²) >= 11 is 0. The molecule has 0 unspecified atom stereocenters. The van der Waals surface area contributed by atoms with E-state index in [9.17, 15) is 0 Å². The van der Waals surface area contributed by atoms with Gasteiger partial charge in [-0.25, -0.2) is 0 Å². The maximum absolute atomic E-state index is 5.83. The van der Waals surface area contributed by atoms with Crippen molar-refractivity contribution in [1.29, 1.82) is 0 Å². The second kappa shape index (κ2) is 5.97. The van der Waals surface area contributed by atoms with Crippen molar-refractivity contribution in [1.82, 2.24) is 10.1 Å². The van der Waals surface area contributed by atoms with Crippen LogP contribution in [0.2, 0.25) is 0 Å². The molecule has 17 heavy (non-hydrogen) atoms. The van der Waals surface area contributed by atoms with Crippen molar-refractivity contribution >= 4 is 6.01 Å². The van der Waals surface area contributed by atoms with E-state index in [1.807, 2.05) is 0 Å². The monoisotopic (exact) mass is 240 g/mol. The van der Waals surface area contributed by atoms with Gasteiger partial charge in [0.25, 0.3) is 0 Å². The van der Waals surface area contributed by atoms with Crippen LogP contribution in [0.3, 0.4) is 0 Å². The normalized spacial score (nSPS) is 24.8. The van der Waals surface area contributed by atoms with Crippen molar-refractivity contribution in [3.63, 3.8) is 0 Å². The lowest BCUT2D eigenvalue weighted by atomic mass is 9.94. The highest BCUT2D eigenvalue weighted by atomic mass is 16.5. The fraction of sp³-hybridized carbons (Fsp3) is 0.818. The van der Waals surface area contributed by atoms with Crippen LogP contribution in [0.5, 0.6) is 0 Å². The van der Waals surface area contributed by atoms with E-state index >= 15 is 0 Å². The lowest BCUT2D eigenvalue weighted by Crippen LogP contribution is -2.31. The van der Waals surface area contributed by atoms with E-state index in [-0.39, 0.29) is 0 Å². The Balaban J connectivity index is 1.57. The average Bonchev–Trinajstić information content (AvgIpc) is 2.73. The van der Waals surface area contributed by atoms with Crippen molar-refractivity contribution in [3.8, 4) is 0 Å². The third-order valence-corrected chi connectivity index (χ3v) is 2.98. The number of aromatic nitrogens is 2. The predicted octanol–water partition coefficient (Wildman–Crippen LogP) is 1.08. The zero-order valence-electron chi connectivity index (χ0n) is 10.2. The van der Waals surface area contributed by atoms with Crippen LogP contribution < -0.4 is 11.1 Å². The van der Waals surface area contributed by atoms with Gasteiger partial charge in [-0.3, -0.25) is 0 Å². The first-order valence-electron chi connectivity index (χ1n) is 6.15. The van der Waals surface area contributed by atoms with E-state index in [0.717, 1.165) is 25.7 Å². The summed E-state index contributed by atoms with van der Waals surface area (Å²) < 4.78 is 10.7. The SMILES string of the molecule is Cc1noc(NCCOC2CCC(N)CC2)n1. The lowest BCUT2D eigenvalue weighted by Gasteiger charge is -2.26. The summed E-state index contributed by atoms with van der Waals surface area (Å²) in [6.45, 7) is 3.13. The number of aryl methyl sites for hydroxylation is 1. The summed E-state index contributed by atoms with van der Waals surface area (Å²) in [5.41, 5.74) is 5.83. The number of hydrogen-bond acceptors (Lipinski definition) is 6. The minimum absolute atomic E-state index is 0.362. The molecule has 0 bridgehead atoms. The Morgan fingerprint density at radius 1 is 1.41 bits per heavy atom. The van der Waals surface area contributed by atoms with E-state index in [1.54, 1.807) is 6.92 Å². The lowest BCUT2D eigenvalue weighted by molar-refractivity contribution is 0.0311. The van der Waals surface area contributed by atoms with Crippen molar-refractivity contribution in [2.75, 3.05) is 18.5 Å². The first-order valence-corrected chi connectivity index (χ1v) is 6.15. The first-order chi connectivity index (χ1) is 8.24. The molecule has 1 fully saturated rings. The molecule has 1 aliphatic rings. The number of nitrogens with one attached hydrogen (secondary N) is 1. The number of hydrogen-bond donors (Lipinski definition) is 2. The van der Waals surface area contributed by atoms with E-state index in [2.05, 4.69) is 15.5 Å². The molecule has 0 spiro atoms. The van der Waals surface area contributed by atoms with Gasteiger partial charge >= 0.3 is 6.01 Å². The molecule has 0 amide bonds. The molecule has 1 heterocycles. The molecule has 6 heteroatoms. The third-order valence-electron chi connectivity index (χ3n) is 2.98. The standard InChI is InChI=1S/C11H20N4O2/c1-8-14-11(17-15-8)13-6-7-16-10-4-2-9(12)3-5-10/h9-10H,2-7,12H2,1H3,(H,13,14,15). The molecule has 1 aromatic heterocycles. The van der Waals surface area contributed by atoms with Gasteiger partial charge in [0.15, 0.2) is 5.82 Å². The molecule has 1 saturated carbocycles. The molecule has 1 aromatic rings. The second-order valence-corrected chi connectivity index (χ2v) is 4.48. The summed E-state index contributed by atoms with van der Waals surface area (Å²) in [5, 5.41) is 6.71. The van der Waals surface area contributed by atoms with Crippen LogP contribution in [0.25, 0.3) is 0 Å². The number of anilines is 1. The van der Waals surface area contributed by atoms with Gasteiger partial charge in [-0.15, -0.1) is 0 Å². The Labute approximate surface area is 101 Å². The van der Waals surface area contributed by atoms with E-state index < -0.39 is 0 Å². The number of rotatable bonds is 5. The number of nitrogens with two attached hydrogens (primary N) is 1. The highest BCUT2D eigenvalue weighted by Gasteiger charge is 2.18. The Hall–Kier alpha value is -1.14. The van der Waals surface area contributed by atoms with Crippen LogP contribution in [0.1, 0.15) is 31.5 Å². The quantitative estimate of drug-likeness (QED) is 0.749. The van der Waals surface area contributed by atoms with Crippen LogP contribution in [-0.4, -0.2) is 35.4 Å². The topological polar surface area (TPSA) is 86.2 Å². The smallest absolute Gasteiger partial charge is 0.321 e. The summed E-state index contributed by atoms with van der Waals surface area (Å²) in [5.74, 6) is 0.634. The minimum Gasteiger partial charge on any atom is -0.376 e. The first kappa shape index (κ1) is 12.3. The van der Waals surface area contributed by atoms with Crippen LogP contribution in [-0.2, 0) is 4.74 Å². The molecule has 2 rings (SSSR count). The summed E-state index contributed by atoms with van der Waals surface area (Å²) in [6, 6.07) is 0.825. The molecule has 6 nitrogen and oxygen atoms in total. The van der Waals surface area contributed by atoms with Crippen molar-refractivity contribution in [2.45, 2.75) is 44.8 Å². The van der Waals surface area contributed by atoms with Gasteiger partial charge < -0.3 is 20.3 Å². The molecule has 1 aliphatic carbocycles. The molecule has 0 aliphatic heterocycles. The second-order valence-electron chi connectivity index (χ2n) is 4.48. The van der Waals surface area contributed by atoms with Gasteiger partial charge in [0.05, 0.1) is 12.7 Å². The maximum atomic E-state index is 5.83. The zero-order valence-corrected chi connectivity index (χ0v) is 10.2. The largest absolute Gasteiger partial charge is 0.376 e. The fourth-order valence-electron chi connectivity index (χ4n) is 2.01. The minimum atomic E-state index is 0.362. The van der Waals surface area contributed by atoms with Gasteiger partial charge in [0.2, 0.25) is 0 Å².